The molecule has 0 heterocycles. The summed E-state index contributed by atoms with van der Waals surface area (Å²) in [6, 6.07) is 6.19. The molecule has 16 heavy (non-hydrogen) atoms. The van der Waals surface area contributed by atoms with Gasteiger partial charge in [0.25, 0.3) is 0 Å². The van der Waals surface area contributed by atoms with Crippen molar-refractivity contribution < 1.29 is 4.79 Å². The summed E-state index contributed by atoms with van der Waals surface area (Å²) in [5, 5.41) is 0. The van der Waals surface area contributed by atoms with Crippen molar-refractivity contribution in [3.8, 4) is 0 Å². The lowest BCUT2D eigenvalue weighted by Gasteiger charge is -2.16. The number of halogens is 1. The normalized spacial score (nSPS) is 14.6. The van der Waals surface area contributed by atoms with Crippen molar-refractivity contribution in [1.82, 2.24) is 0 Å². The van der Waals surface area contributed by atoms with Gasteiger partial charge < -0.3 is 0 Å². The standard InChI is InChI=1S/C14H17ClO/c15-9-3-6-14(16)13-8-7-11-4-1-2-5-12(11)10-13/h7-8,10H,1-6,9H2. The summed E-state index contributed by atoms with van der Waals surface area (Å²) in [6.07, 6.45) is 6.19. The van der Waals surface area contributed by atoms with E-state index in [-0.39, 0.29) is 5.78 Å². The van der Waals surface area contributed by atoms with E-state index in [1.165, 1.54) is 30.4 Å². The van der Waals surface area contributed by atoms with Gasteiger partial charge in [-0.05, 0) is 49.3 Å². The van der Waals surface area contributed by atoms with E-state index in [1.807, 2.05) is 6.07 Å². The Kier molecular flexibility index (Phi) is 4.00. The SMILES string of the molecule is O=C(CCCCl)c1ccc2c(c1)CCCC2. The maximum absolute atomic E-state index is 11.8. The van der Waals surface area contributed by atoms with E-state index >= 15 is 0 Å². The van der Waals surface area contributed by atoms with E-state index in [4.69, 9.17) is 11.6 Å². The van der Waals surface area contributed by atoms with Crippen molar-refractivity contribution in [1.29, 1.82) is 0 Å². The van der Waals surface area contributed by atoms with Crippen LogP contribution in [0.4, 0.5) is 0 Å². The number of carbonyl (C=O) groups is 1. The molecular weight excluding hydrogens is 220 g/mol. The van der Waals surface area contributed by atoms with Crippen LogP contribution in [0, 0.1) is 0 Å². The Morgan fingerprint density at radius 2 is 1.94 bits per heavy atom. The smallest absolute Gasteiger partial charge is 0.162 e. The minimum atomic E-state index is 0.231. The number of benzene rings is 1. The number of fused-ring (bicyclic) bond motifs is 1. The lowest BCUT2D eigenvalue weighted by atomic mass is 9.89. The van der Waals surface area contributed by atoms with Crippen molar-refractivity contribution in [2.45, 2.75) is 38.5 Å². The van der Waals surface area contributed by atoms with Crippen molar-refractivity contribution >= 4 is 17.4 Å². The van der Waals surface area contributed by atoms with Crippen molar-refractivity contribution in [2.75, 3.05) is 5.88 Å². The molecule has 0 bridgehead atoms. The predicted molar refractivity (Wildman–Crippen MR) is 67.4 cm³/mol. The molecule has 0 N–H and O–H groups in total. The van der Waals surface area contributed by atoms with Gasteiger partial charge in [0.1, 0.15) is 0 Å². The van der Waals surface area contributed by atoms with Gasteiger partial charge in [-0.25, -0.2) is 0 Å². The van der Waals surface area contributed by atoms with Gasteiger partial charge in [0.05, 0.1) is 0 Å². The first-order chi connectivity index (χ1) is 7.81. The zero-order chi connectivity index (χ0) is 11.4. The fourth-order valence-corrected chi connectivity index (χ4v) is 2.41. The first-order valence-electron chi connectivity index (χ1n) is 6.02. The Morgan fingerprint density at radius 1 is 1.19 bits per heavy atom. The van der Waals surface area contributed by atoms with Gasteiger partial charge in [0.15, 0.2) is 5.78 Å². The van der Waals surface area contributed by atoms with Crippen LogP contribution < -0.4 is 0 Å². The first-order valence-corrected chi connectivity index (χ1v) is 6.55. The second kappa shape index (κ2) is 5.49. The third-order valence-corrected chi connectivity index (χ3v) is 3.48. The largest absolute Gasteiger partial charge is 0.294 e. The third-order valence-electron chi connectivity index (χ3n) is 3.21. The molecule has 0 radical (unpaired) electrons. The summed E-state index contributed by atoms with van der Waals surface area (Å²) in [4.78, 5) is 11.8. The molecule has 0 saturated carbocycles. The van der Waals surface area contributed by atoms with Gasteiger partial charge in [-0.2, -0.15) is 0 Å². The molecule has 2 heteroatoms. The number of alkyl halides is 1. The lowest BCUT2D eigenvalue weighted by molar-refractivity contribution is 0.0982. The van der Waals surface area contributed by atoms with Gasteiger partial charge >= 0.3 is 0 Å². The molecule has 2 rings (SSSR count). The molecule has 0 amide bonds. The molecule has 0 saturated heterocycles. The van der Waals surface area contributed by atoms with E-state index in [1.54, 1.807) is 0 Å². The fraction of sp³-hybridized carbons (Fsp3) is 0.500. The number of ketones is 1. The molecule has 0 aromatic heterocycles. The average Bonchev–Trinajstić information content (AvgIpc) is 2.35. The van der Waals surface area contributed by atoms with Crippen LogP contribution in [0.2, 0.25) is 0 Å². The molecule has 0 aliphatic heterocycles. The first kappa shape index (κ1) is 11.7. The molecule has 0 spiro atoms. The van der Waals surface area contributed by atoms with Crippen LogP contribution in [0.15, 0.2) is 18.2 Å². The molecule has 1 aliphatic carbocycles. The molecule has 0 atom stereocenters. The molecule has 1 aromatic carbocycles. The van der Waals surface area contributed by atoms with E-state index in [0.717, 1.165) is 18.4 Å². The van der Waals surface area contributed by atoms with Crippen LogP contribution in [0.3, 0.4) is 0 Å². The van der Waals surface area contributed by atoms with E-state index in [9.17, 15) is 4.79 Å². The Morgan fingerprint density at radius 3 is 2.69 bits per heavy atom. The third kappa shape index (κ3) is 2.65. The summed E-state index contributed by atoms with van der Waals surface area (Å²) in [6.45, 7) is 0. The highest BCUT2D eigenvalue weighted by Crippen LogP contribution is 2.22. The second-order valence-electron chi connectivity index (χ2n) is 4.41. The van der Waals surface area contributed by atoms with Gasteiger partial charge in [0.2, 0.25) is 0 Å². The number of carbonyl (C=O) groups excluding carboxylic acids is 1. The number of hydrogen-bond acceptors (Lipinski definition) is 1. The van der Waals surface area contributed by atoms with Crippen LogP contribution in [0.1, 0.15) is 47.2 Å². The average molecular weight is 237 g/mol. The fourth-order valence-electron chi connectivity index (χ4n) is 2.28. The summed E-state index contributed by atoms with van der Waals surface area (Å²) < 4.78 is 0. The lowest BCUT2D eigenvalue weighted by Crippen LogP contribution is -2.06. The summed E-state index contributed by atoms with van der Waals surface area (Å²) in [5.74, 6) is 0.797. The summed E-state index contributed by atoms with van der Waals surface area (Å²) in [7, 11) is 0. The van der Waals surface area contributed by atoms with Crippen LogP contribution in [-0.2, 0) is 12.8 Å². The molecular formula is C14H17ClO. The highest BCUT2D eigenvalue weighted by atomic mass is 35.5. The van der Waals surface area contributed by atoms with Crippen molar-refractivity contribution in [3.63, 3.8) is 0 Å². The Hall–Kier alpha value is -0.820. The molecule has 1 aromatic rings. The summed E-state index contributed by atoms with van der Waals surface area (Å²) in [5.41, 5.74) is 3.67. The van der Waals surface area contributed by atoms with Crippen LogP contribution >= 0.6 is 11.6 Å². The molecule has 1 aliphatic rings. The zero-order valence-corrected chi connectivity index (χ0v) is 10.2. The van der Waals surface area contributed by atoms with E-state index in [0.29, 0.717) is 12.3 Å². The number of aryl methyl sites for hydroxylation is 2. The Labute approximate surface area is 102 Å². The second-order valence-corrected chi connectivity index (χ2v) is 4.78. The maximum atomic E-state index is 11.8. The minimum absolute atomic E-state index is 0.231. The van der Waals surface area contributed by atoms with Crippen molar-refractivity contribution in [2.24, 2.45) is 0 Å². The molecule has 86 valence electrons. The van der Waals surface area contributed by atoms with Gasteiger partial charge in [-0.1, -0.05) is 12.1 Å². The predicted octanol–water partition coefficient (Wildman–Crippen LogP) is 3.77. The molecule has 0 unspecified atom stereocenters. The highest BCUT2D eigenvalue weighted by molar-refractivity contribution is 6.18. The Balaban J connectivity index is 2.13. The highest BCUT2D eigenvalue weighted by Gasteiger charge is 2.12. The quantitative estimate of drug-likeness (QED) is 0.575. The van der Waals surface area contributed by atoms with Gasteiger partial charge in [0, 0.05) is 17.9 Å². The summed E-state index contributed by atoms with van der Waals surface area (Å²) >= 11 is 5.60. The van der Waals surface area contributed by atoms with Crippen LogP contribution in [-0.4, -0.2) is 11.7 Å². The monoisotopic (exact) mass is 236 g/mol. The van der Waals surface area contributed by atoms with Crippen LogP contribution in [0.5, 0.6) is 0 Å². The zero-order valence-electron chi connectivity index (χ0n) is 9.47. The maximum Gasteiger partial charge on any atom is 0.162 e. The van der Waals surface area contributed by atoms with Crippen LogP contribution in [0.25, 0.3) is 0 Å². The Bertz CT molecular complexity index is 384. The topological polar surface area (TPSA) is 17.1 Å². The minimum Gasteiger partial charge on any atom is -0.294 e. The number of rotatable bonds is 4. The van der Waals surface area contributed by atoms with E-state index in [2.05, 4.69) is 12.1 Å². The number of hydrogen-bond donors (Lipinski definition) is 0. The van der Waals surface area contributed by atoms with E-state index < -0.39 is 0 Å². The number of Topliss-reactive ketones (excluding diaryl/α,β-unsaturated/α-hetero) is 1. The molecule has 1 nitrogen and oxygen atoms in total. The van der Waals surface area contributed by atoms with Gasteiger partial charge in [-0.3, -0.25) is 4.79 Å². The molecule has 0 fully saturated rings. The van der Waals surface area contributed by atoms with Crippen molar-refractivity contribution in [3.05, 3.63) is 34.9 Å². The van der Waals surface area contributed by atoms with Gasteiger partial charge in [-0.15, -0.1) is 11.6 Å².